The third kappa shape index (κ3) is 4.08. The van der Waals surface area contributed by atoms with Crippen LogP contribution >= 0.6 is 0 Å². The van der Waals surface area contributed by atoms with Gasteiger partial charge in [0.15, 0.2) is 0 Å². The molecular weight excluding hydrogens is 338 g/mol. The fraction of sp³-hybridized carbons (Fsp3) is 0.318. The number of nitrogens with zero attached hydrogens (tertiary/aromatic N) is 1. The molecule has 0 spiro atoms. The Hall–Kier alpha value is -2.95. The predicted molar refractivity (Wildman–Crippen MR) is 112 cm³/mol. The molecule has 3 rings (SSSR count). The van der Waals surface area contributed by atoms with Crippen LogP contribution < -0.4 is 15.0 Å². The van der Waals surface area contributed by atoms with E-state index < -0.39 is 0 Å². The summed E-state index contributed by atoms with van der Waals surface area (Å²) in [6.45, 7) is 8.24. The molecule has 0 atom stereocenters. The minimum atomic E-state index is -0.0302. The Bertz CT molecular complexity index is 942. The third-order valence-electron chi connectivity index (χ3n) is 4.94. The van der Waals surface area contributed by atoms with Gasteiger partial charge in [0.1, 0.15) is 5.75 Å². The van der Waals surface area contributed by atoms with Gasteiger partial charge in [-0.1, -0.05) is 0 Å². The van der Waals surface area contributed by atoms with E-state index in [1.807, 2.05) is 37.4 Å². The summed E-state index contributed by atoms with van der Waals surface area (Å²) >= 11 is 0. The molecule has 1 amide bonds. The Morgan fingerprint density at radius 2 is 1.93 bits per heavy atom. The van der Waals surface area contributed by atoms with Gasteiger partial charge in [-0.3, -0.25) is 4.79 Å². The smallest absolute Gasteiger partial charge is 0.228 e. The van der Waals surface area contributed by atoms with Crippen molar-refractivity contribution in [2.45, 2.75) is 27.2 Å². The topological polar surface area (TPSA) is 57.4 Å². The van der Waals surface area contributed by atoms with Gasteiger partial charge >= 0.3 is 0 Å². The molecule has 0 bridgehead atoms. The third-order valence-corrected chi connectivity index (χ3v) is 4.94. The van der Waals surface area contributed by atoms with Gasteiger partial charge in [0.25, 0.3) is 0 Å². The highest BCUT2D eigenvalue weighted by Crippen LogP contribution is 2.25. The van der Waals surface area contributed by atoms with E-state index in [-0.39, 0.29) is 5.91 Å². The van der Waals surface area contributed by atoms with E-state index in [9.17, 15) is 4.79 Å². The number of nitrogens with one attached hydrogen (secondary N) is 2. The molecule has 0 radical (unpaired) electrons. The first-order valence-corrected chi connectivity index (χ1v) is 9.35. The highest BCUT2D eigenvalue weighted by Gasteiger charge is 2.12. The number of H-pyrrole nitrogens is 1. The molecule has 2 aromatic carbocycles. The lowest BCUT2D eigenvalue weighted by Gasteiger charge is -2.22. The highest BCUT2D eigenvalue weighted by molar-refractivity contribution is 5.96. The molecule has 1 aromatic heterocycles. The first kappa shape index (κ1) is 18.8. The summed E-state index contributed by atoms with van der Waals surface area (Å²) in [5, 5.41) is 4.05. The van der Waals surface area contributed by atoms with Crippen LogP contribution in [-0.2, 0) is 11.2 Å². The van der Waals surface area contributed by atoms with Crippen LogP contribution in [0.5, 0.6) is 5.75 Å². The summed E-state index contributed by atoms with van der Waals surface area (Å²) in [6.07, 6.45) is 2.20. The van der Waals surface area contributed by atoms with E-state index in [2.05, 4.69) is 41.2 Å². The molecular formula is C22H27N3O2. The van der Waals surface area contributed by atoms with E-state index in [1.165, 1.54) is 5.69 Å². The Kier molecular flexibility index (Phi) is 5.69. The second-order valence-corrected chi connectivity index (χ2v) is 6.62. The average Bonchev–Trinajstić information content (AvgIpc) is 3.06. The summed E-state index contributed by atoms with van der Waals surface area (Å²) in [5.74, 6) is 0.754. The fourth-order valence-corrected chi connectivity index (χ4v) is 3.37. The molecule has 0 aliphatic rings. The largest absolute Gasteiger partial charge is 0.497 e. The molecule has 3 aromatic rings. The monoisotopic (exact) mass is 365 g/mol. The standard InChI is InChI=1S/C22H27N3O2/c1-5-25(6-2)17-7-9-20(15(3)11-17)24-22(26)12-16-14-23-21-10-8-18(27-4)13-19(16)21/h7-11,13-14,23H,5-6,12H2,1-4H3,(H,24,26). The lowest BCUT2D eigenvalue weighted by atomic mass is 10.1. The molecule has 2 N–H and O–H groups in total. The molecule has 0 aliphatic heterocycles. The number of ether oxygens (including phenoxy) is 1. The molecule has 0 aliphatic carbocycles. The van der Waals surface area contributed by atoms with Crippen LogP contribution in [0.15, 0.2) is 42.6 Å². The van der Waals surface area contributed by atoms with Crippen LogP contribution in [0.1, 0.15) is 25.0 Å². The summed E-state index contributed by atoms with van der Waals surface area (Å²) in [5.41, 5.74) is 5.05. The van der Waals surface area contributed by atoms with Gasteiger partial charge in [-0.25, -0.2) is 0 Å². The zero-order valence-electron chi connectivity index (χ0n) is 16.4. The number of hydrogen-bond donors (Lipinski definition) is 2. The van der Waals surface area contributed by atoms with Gasteiger partial charge in [0.2, 0.25) is 5.91 Å². The number of hydrogen-bond acceptors (Lipinski definition) is 3. The van der Waals surface area contributed by atoms with Crippen molar-refractivity contribution in [1.82, 2.24) is 4.98 Å². The predicted octanol–water partition coefficient (Wildman–Crippen LogP) is 4.51. The van der Waals surface area contributed by atoms with Gasteiger partial charge in [-0.2, -0.15) is 0 Å². The number of anilines is 2. The number of methoxy groups -OCH3 is 1. The molecule has 5 heteroatoms. The van der Waals surface area contributed by atoms with Crippen LogP contribution in [0.2, 0.25) is 0 Å². The quantitative estimate of drug-likeness (QED) is 0.647. The van der Waals surface area contributed by atoms with Crippen molar-refractivity contribution in [2.75, 3.05) is 30.4 Å². The molecule has 0 fully saturated rings. The fourth-order valence-electron chi connectivity index (χ4n) is 3.37. The lowest BCUT2D eigenvalue weighted by Crippen LogP contribution is -2.22. The number of aromatic amines is 1. The Morgan fingerprint density at radius 1 is 1.15 bits per heavy atom. The van der Waals surface area contributed by atoms with Crippen molar-refractivity contribution in [3.8, 4) is 5.75 Å². The molecule has 0 saturated carbocycles. The number of carbonyl (C=O) groups is 1. The zero-order valence-corrected chi connectivity index (χ0v) is 16.4. The van der Waals surface area contributed by atoms with E-state index in [4.69, 9.17) is 4.74 Å². The maximum Gasteiger partial charge on any atom is 0.228 e. The minimum absolute atomic E-state index is 0.0302. The van der Waals surface area contributed by atoms with Gasteiger partial charge < -0.3 is 19.9 Å². The molecule has 5 nitrogen and oxygen atoms in total. The number of amides is 1. The summed E-state index contributed by atoms with van der Waals surface area (Å²) in [4.78, 5) is 18.1. The average molecular weight is 365 g/mol. The zero-order chi connectivity index (χ0) is 19.4. The number of aromatic nitrogens is 1. The highest BCUT2D eigenvalue weighted by atomic mass is 16.5. The van der Waals surface area contributed by atoms with Crippen LogP contribution in [0, 0.1) is 6.92 Å². The van der Waals surface area contributed by atoms with Crippen LogP contribution in [0.4, 0.5) is 11.4 Å². The maximum absolute atomic E-state index is 12.6. The van der Waals surface area contributed by atoms with Gasteiger partial charge in [-0.05, 0) is 68.3 Å². The van der Waals surface area contributed by atoms with E-state index in [0.29, 0.717) is 6.42 Å². The summed E-state index contributed by atoms with van der Waals surface area (Å²) < 4.78 is 5.29. The number of fused-ring (bicyclic) bond motifs is 1. The summed E-state index contributed by atoms with van der Waals surface area (Å²) in [6, 6.07) is 12.0. The van der Waals surface area contributed by atoms with Crippen molar-refractivity contribution in [3.05, 3.63) is 53.7 Å². The van der Waals surface area contributed by atoms with E-state index >= 15 is 0 Å². The maximum atomic E-state index is 12.6. The van der Waals surface area contributed by atoms with E-state index in [0.717, 1.165) is 46.6 Å². The van der Waals surface area contributed by atoms with Gasteiger partial charge in [0, 0.05) is 41.6 Å². The van der Waals surface area contributed by atoms with Crippen LogP contribution in [-0.4, -0.2) is 31.1 Å². The van der Waals surface area contributed by atoms with Crippen molar-refractivity contribution >= 4 is 28.2 Å². The number of rotatable bonds is 7. The number of aryl methyl sites for hydroxylation is 1. The Morgan fingerprint density at radius 3 is 2.59 bits per heavy atom. The molecule has 0 saturated heterocycles. The second kappa shape index (κ2) is 8.16. The van der Waals surface area contributed by atoms with Crippen molar-refractivity contribution < 1.29 is 9.53 Å². The Balaban J connectivity index is 1.74. The van der Waals surface area contributed by atoms with Crippen molar-refractivity contribution in [3.63, 3.8) is 0 Å². The SMILES string of the molecule is CCN(CC)c1ccc(NC(=O)Cc2c[nH]c3ccc(OC)cc23)c(C)c1. The molecule has 27 heavy (non-hydrogen) atoms. The molecule has 0 unspecified atom stereocenters. The molecule has 142 valence electrons. The van der Waals surface area contributed by atoms with Gasteiger partial charge in [0.05, 0.1) is 13.5 Å². The number of carbonyl (C=O) groups excluding carboxylic acids is 1. The Labute approximate surface area is 160 Å². The van der Waals surface area contributed by atoms with Crippen LogP contribution in [0.3, 0.4) is 0 Å². The normalized spacial score (nSPS) is 10.8. The first-order valence-electron chi connectivity index (χ1n) is 9.35. The first-order chi connectivity index (χ1) is 13.0. The number of benzene rings is 2. The van der Waals surface area contributed by atoms with E-state index in [1.54, 1.807) is 7.11 Å². The minimum Gasteiger partial charge on any atom is -0.497 e. The summed E-state index contributed by atoms with van der Waals surface area (Å²) in [7, 11) is 1.64. The van der Waals surface area contributed by atoms with Crippen molar-refractivity contribution in [2.24, 2.45) is 0 Å². The second-order valence-electron chi connectivity index (χ2n) is 6.62. The van der Waals surface area contributed by atoms with Crippen LogP contribution in [0.25, 0.3) is 10.9 Å². The van der Waals surface area contributed by atoms with Gasteiger partial charge in [-0.15, -0.1) is 0 Å². The lowest BCUT2D eigenvalue weighted by molar-refractivity contribution is -0.115. The molecule has 1 heterocycles. The van der Waals surface area contributed by atoms with Crippen molar-refractivity contribution in [1.29, 1.82) is 0 Å².